The normalized spacial score (nSPS) is 19.0. The van der Waals surface area contributed by atoms with Gasteiger partial charge in [0.1, 0.15) is 5.82 Å². The Morgan fingerprint density at radius 1 is 1.14 bits per heavy atom. The highest BCUT2D eigenvalue weighted by molar-refractivity contribution is 5.96. The molecule has 10 nitrogen and oxygen atoms in total. The summed E-state index contributed by atoms with van der Waals surface area (Å²) in [6, 6.07) is 8.33. The molecule has 0 aliphatic carbocycles. The molecule has 4 heterocycles. The van der Waals surface area contributed by atoms with E-state index in [2.05, 4.69) is 32.7 Å². The lowest BCUT2D eigenvalue weighted by Gasteiger charge is -2.33. The molecule has 1 atom stereocenters. The minimum Gasteiger partial charge on any atom is -0.364 e. The van der Waals surface area contributed by atoms with Crippen LogP contribution in [0.2, 0.25) is 0 Å². The number of hydrogen-bond acceptors (Lipinski definition) is 7. The van der Waals surface area contributed by atoms with Gasteiger partial charge in [0.25, 0.3) is 5.91 Å². The van der Waals surface area contributed by atoms with Crippen molar-refractivity contribution in [1.29, 1.82) is 0 Å². The predicted octanol–water partition coefficient (Wildman–Crippen LogP) is 2.13. The Labute approximate surface area is 204 Å². The average Bonchev–Trinajstić information content (AvgIpc) is 3.23. The molecule has 3 aromatic rings. The first-order valence-electron chi connectivity index (χ1n) is 12.2. The molecule has 5 rings (SSSR count). The largest absolute Gasteiger partial charge is 0.364 e. The summed E-state index contributed by atoms with van der Waals surface area (Å²) in [6.07, 6.45) is 9.31. The highest BCUT2D eigenvalue weighted by Gasteiger charge is 2.25. The number of aromatic nitrogens is 4. The smallest absolute Gasteiger partial charge is 0.328 e. The lowest BCUT2D eigenvalue weighted by atomic mass is 9.90. The van der Waals surface area contributed by atoms with E-state index in [0.29, 0.717) is 24.1 Å². The number of piperidine rings is 2. The van der Waals surface area contributed by atoms with Crippen molar-refractivity contribution in [3.05, 3.63) is 64.6 Å². The van der Waals surface area contributed by atoms with E-state index in [1.807, 2.05) is 18.3 Å². The number of amides is 1. The van der Waals surface area contributed by atoms with E-state index in [1.165, 1.54) is 5.56 Å². The topological polar surface area (TPSA) is 123 Å². The van der Waals surface area contributed by atoms with E-state index in [-0.39, 0.29) is 17.4 Å². The fourth-order valence-electron chi connectivity index (χ4n) is 5.08. The van der Waals surface area contributed by atoms with E-state index in [9.17, 15) is 9.59 Å². The van der Waals surface area contributed by atoms with Crippen LogP contribution >= 0.6 is 0 Å². The van der Waals surface area contributed by atoms with Crippen molar-refractivity contribution in [2.45, 2.75) is 37.6 Å². The van der Waals surface area contributed by atoms with Crippen LogP contribution in [0.15, 0.2) is 47.7 Å². The first-order chi connectivity index (χ1) is 17.0. The molecule has 2 aromatic heterocycles. The summed E-state index contributed by atoms with van der Waals surface area (Å²) in [6.45, 7) is 3.53. The van der Waals surface area contributed by atoms with Crippen LogP contribution in [0.25, 0.3) is 0 Å². The summed E-state index contributed by atoms with van der Waals surface area (Å²) in [5.74, 6) is 0.921. The van der Waals surface area contributed by atoms with E-state index < -0.39 is 5.91 Å². The number of benzene rings is 1. The summed E-state index contributed by atoms with van der Waals surface area (Å²) in [7, 11) is 1.75. The second kappa shape index (κ2) is 9.91. The molecule has 2 aliphatic rings. The molecule has 1 amide bonds. The van der Waals surface area contributed by atoms with Crippen molar-refractivity contribution in [3.63, 3.8) is 0 Å². The third kappa shape index (κ3) is 4.93. The SMILES string of the molecule is Cn1ccn(C2CCCN(c3cnc(C(N)=O)c(Nc4ccc(C5CCNCC5)cc4)n3)C2)c1=O. The van der Waals surface area contributed by atoms with Gasteiger partial charge in [-0.25, -0.2) is 14.8 Å². The monoisotopic (exact) mass is 476 g/mol. The number of carbonyl (C=O) groups is 1. The van der Waals surface area contributed by atoms with Crippen molar-refractivity contribution in [2.75, 3.05) is 36.4 Å². The summed E-state index contributed by atoms with van der Waals surface area (Å²) in [5, 5.41) is 6.65. The number of anilines is 3. The number of rotatable bonds is 6. The molecule has 0 bridgehead atoms. The molecule has 0 saturated carbocycles. The Kier molecular flexibility index (Phi) is 6.54. The summed E-state index contributed by atoms with van der Waals surface area (Å²) in [4.78, 5) is 35.7. The van der Waals surface area contributed by atoms with Crippen LogP contribution in [-0.2, 0) is 7.05 Å². The molecule has 10 heteroatoms. The number of carbonyl (C=O) groups excluding carboxylic acids is 1. The summed E-state index contributed by atoms with van der Waals surface area (Å²) < 4.78 is 3.36. The maximum absolute atomic E-state index is 12.4. The Morgan fingerprint density at radius 3 is 2.60 bits per heavy atom. The van der Waals surface area contributed by atoms with Gasteiger partial charge in [-0.1, -0.05) is 12.1 Å². The van der Waals surface area contributed by atoms with Crippen LogP contribution in [0.1, 0.15) is 53.7 Å². The molecule has 35 heavy (non-hydrogen) atoms. The molecular weight excluding hydrogens is 444 g/mol. The minimum atomic E-state index is -0.634. The number of nitrogens with one attached hydrogen (secondary N) is 2. The van der Waals surface area contributed by atoms with Crippen molar-refractivity contribution in [2.24, 2.45) is 12.8 Å². The van der Waals surface area contributed by atoms with Gasteiger partial charge >= 0.3 is 5.69 Å². The fraction of sp³-hybridized carbons (Fsp3) is 0.440. The fourth-order valence-corrected chi connectivity index (χ4v) is 5.08. The molecule has 184 valence electrons. The molecule has 1 aromatic carbocycles. The van der Waals surface area contributed by atoms with Gasteiger partial charge in [-0.05, 0) is 62.4 Å². The Bertz CT molecular complexity index is 1240. The highest BCUT2D eigenvalue weighted by Crippen LogP contribution is 2.29. The van der Waals surface area contributed by atoms with Crippen LogP contribution in [0.5, 0.6) is 0 Å². The molecule has 2 fully saturated rings. The maximum Gasteiger partial charge on any atom is 0.328 e. The van der Waals surface area contributed by atoms with Crippen LogP contribution in [0.3, 0.4) is 0 Å². The van der Waals surface area contributed by atoms with E-state index in [4.69, 9.17) is 10.7 Å². The number of imidazole rings is 1. The quantitative estimate of drug-likeness (QED) is 0.498. The van der Waals surface area contributed by atoms with Gasteiger partial charge in [0.05, 0.1) is 12.2 Å². The lowest BCUT2D eigenvalue weighted by molar-refractivity contribution is 0.0996. The molecule has 0 spiro atoms. The van der Waals surface area contributed by atoms with Crippen LogP contribution in [-0.4, -0.2) is 51.2 Å². The predicted molar refractivity (Wildman–Crippen MR) is 135 cm³/mol. The number of primary amides is 1. The van der Waals surface area contributed by atoms with Crippen molar-refractivity contribution >= 4 is 23.2 Å². The van der Waals surface area contributed by atoms with Gasteiger partial charge in [0, 0.05) is 38.2 Å². The minimum absolute atomic E-state index is 0.0256. The average molecular weight is 477 g/mol. The second-order valence-electron chi connectivity index (χ2n) is 9.40. The molecule has 0 radical (unpaired) electrons. The lowest BCUT2D eigenvalue weighted by Crippen LogP contribution is -2.40. The van der Waals surface area contributed by atoms with Crippen LogP contribution in [0.4, 0.5) is 17.3 Å². The van der Waals surface area contributed by atoms with Gasteiger partial charge in [0.2, 0.25) is 0 Å². The number of hydrogen-bond donors (Lipinski definition) is 3. The van der Waals surface area contributed by atoms with Crippen molar-refractivity contribution < 1.29 is 4.79 Å². The highest BCUT2D eigenvalue weighted by atomic mass is 16.2. The molecule has 1 unspecified atom stereocenters. The Hall–Kier alpha value is -3.66. The Morgan fingerprint density at radius 2 is 1.91 bits per heavy atom. The van der Waals surface area contributed by atoms with Gasteiger partial charge in [-0.15, -0.1) is 0 Å². The molecule has 2 saturated heterocycles. The van der Waals surface area contributed by atoms with Crippen molar-refractivity contribution in [3.8, 4) is 0 Å². The zero-order valence-electron chi connectivity index (χ0n) is 20.0. The third-order valence-corrected chi connectivity index (χ3v) is 7.06. The molecule has 4 N–H and O–H groups in total. The standard InChI is InChI=1S/C25H32N8O2/c1-31-13-14-33(25(31)35)20-3-2-12-32(16-20)21-15-28-22(23(26)34)24(30-21)29-19-6-4-17(5-7-19)18-8-10-27-11-9-18/h4-7,13-15,18,20,27H,2-3,8-12,16H2,1H3,(H2,26,34)(H,29,30). The zero-order chi connectivity index (χ0) is 24.4. The maximum atomic E-state index is 12.4. The van der Waals surface area contributed by atoms with Crippen LogP contribution < -0.4 is 27.0 Å². The van der Waals surface area contributed by atoms with E-state index in [0.717, 1.165) is 51.0 Å². The molecule has 2 aliphatic heterocycles. The van der Waals surface area contributed by atoms with Crippen molar-refractivity contribution in [1.82, 2.24) is 24.4 Å². The van der Waals surface area contributed by atoms with Gasteiger partial charge in [0.15, 0.2) is 11.5 Å². The number of aryl methyl sites for hydroxylation is 1. The second-order valence-corrected chi connectivity index (χ2v) is 9.40. The number of nitrogens with two attached hydrogens (primary N) is 1. The molecular formula is C25H32N8O2. The first-order valence-corrected chi connectivity index (χ1v) is 12.2. The summed E-state index contributed by atoms with van der Waals surface area (Å²) in [5.41, 5.74) is 7.81. The van der Waals surface area contributed by atoms with Crippen LogP contribution in [0, 0.1) is 0 Å². The van der Waals surface area contributed by atoms with E-state index >= 15 is 0 Å². The van der Waals surface area contributed by atoms with Gasteiger partial charge in [-0.3, -0.25) is 9.36 Å². The third-order valence-electron chi connectivity index (χ3n) is 7.06. The first kappa shape index (κ1) is 23.1. The summed E-state index contributed by atoms with van der Waals surface area (Å²) >= 11 is 0. The Balaban J connectivity index is 1.36. The van der Waals surface area contributed by atoms with Gasteiger partial charge < -0.3 is 25.8 Å². The van der Waals surface area contributed by atoms with Gasteiger partial charge in [-0.2, -0.15) is 0 Å². The number of nitrogens with zero attached hydrogens (tertiary/aromatic N) is 5. The van der Waals surface area contributed by atoms with E-state index in [1.54, 1.807) is 28.6 Å². The zero-order valence-corrected chi connectivity index (χ0v) is 20.0.